The number of benzene rings is 2. The van der Waals surface area contributed by atoms with Gasteiger partial charge in [-0.05, 0) is 68.1 Å². The summed E-state index contributed by atoms with van der Waals surface area (Å²) in [6.07, 6.45) is 9.11. The van der Waals surface area contributed by atoms with Crippen molar-refractivity contribution in [2.75, 3.05) is 26.1 Å². The largest absolute Gasteiger partial charge is 0.493 e. The zero-order valence-corrected chi connectivity index (χ0v) is 24.7. The lowest BCUT2D eigenvalue weighted by Gasteiger charge is -2.34. The highest BCUT2D eigenvalue weighted by Crippen LogP contribution is 2.59. The fraction of sp³-hybridized carbons (Fsp3) is 0.485. The van der Waals surface area contributed by atoms with Gasteiger partial charge in [0.05, 0.1) is 31.7 Å². The first-order chi connectivity index (χ1) is 20.7. The number of methoxy groups -OCH3 is 2. The summed E-state index contributed by atoms with van der Waals surface area (Å²) in [5.41, 5.74) is -1.04. The molecule has 3 amide bonds. The summed E-state index contributed by atoms with van der Waals surface area (Å²) in [5, 5.41) is 6.06. The average Bonchev–Trinajstić information content (AvgIpc) is 3.57. The Morgan fingerprint density at radius 1 is 1.00 bits per heavy atom. The SMILES string of the molecule is COc1ccc(CCN2C(=O)[C@H]3C(C(=O)Nc4ccc(F)cc4)[C@@]4(C)C=CC3(O4)C2C(=O)NC2CCCCC2)cc1OC. The van der Waals surface area contributed by atoms with E-state index in [1.54, 1.807) is 26.0 Å². The first kappa shape index (κ1) is 29.2. The van der Waals surface area contributed by atoms with Crippen LogP contribution in [0.15, 0.2) is 54.6 Å². The summed E-state index contributed by atoms with van der Waals surface area (Å²) >= 11 is 0. The maximum atomic E-state index is 14.3. The second-order valence-electron chi connectivity index (χ2n) is 12.1. The van der Waals surface area contributed by atoms with Crippen molar-refractivity contribution in [3.8, 4) is 11.5 Å². The van der Waals surface area contributed by atoms with Crippen molar-refractivity contribution < 1.29 is 33.0 Å². The number of halogens is 1. The molecule has 10 heteroatoms. The van der Waals surface area contributed by atoms with E-state index in [0.717, 1.165) is 37.7 Å². The minimum absolute atomic E-state index is 0.0373. The predicted octanol–water partition coefficient (Wildman–Crippen LogP) is 4.01. The molecule has 0 aromatic heterocycles. The van der Waals surface area contributed by atoms with E-state index in [9.17, 15) is 18.8 Å². The molecule has 3 unspecified atom stereocenters. The summed E-state index contributed by atoms with van der Waals surface area (Å²) in [4.78, 5) is 43.8. The number of hydrogen-bond acceptors (Lipinski definition) is 6. The fourth-order valence-electron chi connectivity index (χ4n) is 7.44. The summed E-state index contributed by atoms with van der Waals surface area (Å²) in [7, 11) is 3.13. The highest BCUT2D eigenvalue weighted by Gasteiger charge is 2.76. The number of rotatable bonds is 9. The molecular weight excluding hydrogens is 553 g/mol. The number of nitrogens with one attached hydrogen (secondary N) is 2. The molecule has 0 radical (unpaired) electrons. The number of anilines is 1. The van der Waals surface area contributed by atoms with Gasteiger partial charge in [-0.15, -0.1) is 0 Å². The van der Waals surface area contributed by atoms with Crippen molar-refractivity contribution in [3.05, 3.63) is 66.0 Å². The lowest BCUT2D eigenvalue weighted by atomic mass is 9.70. The molecule has 5 atom stereocenters. The van der Waals surface area contributed by atoms with Gasteiger partial charge >= 0.3 is 0 Å². The van der Waals surface area contributed by atoms with Crippen LogP contribution in [0.5, 0.6) is 11.5 Å². The van der Waals surface area contributed by atoms with E-state index in [1.165, 1.54) is 24.3 Å². The Kier molecular flexibility index (Phi) is 7.66. The van der Waals surface area contributed by atoms with Gasteiger partial charge in [0.1, 0.15) is 17.5 Å². The van der Waals surface area contributed by atoms with Gasteiger partial charge in [-0.1, -0.05) is 37.5 Å². The number of fused-ring (bicyclic) bond motifs is 1. The van der Waals surface area contributed by atoms with Crippen molar-refractivity contribution in [1.29, 1.82) is 0 Å². The first-order valence-corrected chi connectivity index (χ1v) is 15.0. The smallest absolute Gasteiger partial charge is 0.246 e. The van der Waals surface area contributed by atoms with Crippen LogP contribution in [0.4, 0.5) is 10.1 Å². The maximum absolute atomic E-state index is 14.3. The number of hydrogen-bond donors (Lipinski definition) is 2. The van der Waals surface area contributed by atoms with Crippen molar-refractivity contribution in [1.82, 2.24) is 10.2 Å². The molecule has 2 aromatic carbocycles. The molecule has 2 N–H and O–H groups in total. The van der Waals surface area contributed by atoms with Crippen molar-refractivity contribution >= 4 is 23.4 Å². The number of carbonyl (C=O) groups excluding carboxylic acids is 3. The highest BCUT2D eigenvalue weighted by molar-refractivity contribution is 6.03. The van der Waals surface area contributed by atoms with Crippen LogP contribution in [-0.2, 0) is 25.5 Å². The quantitative estimate of drug-likeness (QED) is 0.427. The molecule has 3 fully saturated rings. The van der Waals surface area contributed by atoms with Crippen LogP contribution < -0.4 is 20.1 Å². The Labute approximate surface area is 250 Å². The van der Waals surface area contributed by atoms with Crippen LogP contribution in [0.1, 0.15) is 44.6 Å². The van der Waals surface area contributed by atoms with Crippen molar-refractivity contribution in [3.63, 3.8) is 0 Å². The molecule has 2 aromatic rings. The van der Waals surface area contributed by atoms with E-state index >= 15 is 0 Å². The van der Waals surface area contributed by atoms with Gasteiger partial charge < -0.3 is 29.7 Å². The zero-order valence-electron chi connectivity index (χ0n) is 24.7. The maximum Gasteiger partial charge on any atom is 0.246 e. The minimum Gasteiger partial charge on any atom is -0.493 e. The van der Waals surface area contributed by atoms with Gasteiger partial charge in [-0.25, -0.2) is 4.39 Å². The van der Waals surface area contributed by atoms with Crippen molar-refractivity contribution in [2.24, 2.45) is 11.8 Å². The Bertz CT molecular complexity index is 1440. The Morgan fingerprint density at radius 2 is 1.72 bits per heavy atom. The van der Waals surface area contributed by atoms with E-state index in [2.05, 4.69) is 10.6 Å². The van der Waals surface area contributed by atoms with Gasteiger partial charge in [-0.2, -0.15) is 0 Å². The van der Waals surface area contributed by atoms with Crippen LogP contribution in [0.2, 0.25) is 0 Å². The highest BCUT2D eigenvalue weighted by atomic mass is 19.1. The molecule has 3 heterocycles. The van der Waals surface area contributed by atoms with Gasteiger partial charge in [0.2, 0.25) is 17.7 Å². The van der Waals surface area contributed by atoms with Gasteiger partial charge in [0.15, 0.2) is 11.5 Å². The topological polar surface area (TPSA) is 106 Å². The summed E-state index contributed by atoms with van der Waals surface area (Å²) in [6.45, 7) is 2.03. The molecule has 43 heavy (non-hydrogen) atoms. The Balaban J connectivity index is 1.31. The van der Waals surface area contributed by atoms with E-state index in [0.29, 0.717) is 23.6 Å². The molecule has 6 rings (SSSR count). The third-order valence-corrected chi connectivity index (χ3v) is 9.48. The number of amides is 3. The van der Waals surface area contributed by atoms with Crippen LogP contribution in [0.3, 0.4) is 0 Å². The summed E-state index contributed by atoms with van der Waals surface area (Å²) in [5.74, 6) is -1.99. The second kappa shape index (κ2) is 11.3. The van der Waals surface area contributed by atoms with Crippen LogP contribution in [-0.4, -0.2) is 66.7 Å². The number of ether oxygens (including phenoxy) is 3. The third kappa shape index (κ3) is 5.05. The second-order valence-corrected chi connectivity index (χ2v) is 12.1. The lowest BCUT2D eigenvalue weighted by molar-refractivity contribution is -0.144. The standard InChI is InChI=1S/C33H38FN3O6/c1-32-16-17-33(43-32)27(26(32)29(38)35-23-12-10-21(34)11-13-23)31(40)37(28(33)30(39)36-22-7-5-4-6-8-22)18-15-20-9-14-24(41-2)25(19-20)42-3/h9-14,16-17,19,22,26-28H,4-8,15,18H2,1-3H3,(H,35,38)(H,36,39)/t26?,27-,28?,32-,33?/m1/s1. The normalized spacial score (nSPS) is 29.4. The van der Waals surface area contributed by atoms with Gasteiger partial charge in [0, 0.05) is 18.3 Å². The molecule has 1 spiro atoms. The van der Waals surface area contributed by atoms with E-state index in [1.807, 2.05) is 30.4 Å². The fourth-order valence-corrected chi connectivity index (χ4v) is 7.44. The van der Waals surface area contributed by atoms with Crippen LogP contribution >= 0.6 is 0 Å². The van der Waals surface area contributed by atoms with Gasteiger partial charge in [-0.3, -0.25) is 14.4 Å². The minimum atomic E-state index is -1.28. The third-order valence-electron chi connectivity index (χ3n) is 9.48. The lowest BCUT2D eigenvalue weighted by Crippen LogP contribution is -2.57. The molecule has 9 nitrogen and oxygen atoms in total. The molecule has 228 valence electrons. The number of likely N-dealkylation sites (tertiary alicyclic amines) is 1. The number of nitrogens with zero attached hydrogens (tertiary/aromatic N) is 1. The molecule has 3 aliphatic heterocycles. The summed E-state index contributed by atoms with van der Waals surface area (Å²) < 4.78 is 30.9. The molecular formula is C33H38FN3O6. The van der Waals surface area contributed by atoms with Crippen molar-refractivity contribution in [2.45, 2.75) is 68.7 Å². The summed E-state index contributed by atoms with van der Waals surface area (Å²) in [6, 6.07) is 10.1. The molecule has 4 aliphatic rings. The zero-order chi connectivity index (χ0) is 30.4. The van der Waals surface area contributed by atoms with E-state index in [-0.39, 0.29) is 24.4 Å². The first-order valence-electron chi connectivity index (χ1n) is 15.0. The Morgan fingerprint density at radius 3 is 2.42 bits per heavy atom. The van der Waals surface area contributed by atoms with E-state index in [4.69, 9.17) is 14.2 Å². The van der Waals surface area contributed by atoms with E-state index < -0.39 is 40.8 Å². The monoisotopic (exact) mass is 591 g/mol. The average molecular weight is 592 g/mol. The van der Waals surface area contributed by atoms with Crippen LogP contribution in [0.25, 0.3) is 0 Å². The molecule has 1 aliphatic carbocycles. The number of carbonyl (C=O) groups is 3. The Hall–Kier alpha value is -3.92. The van der Waals surface area contributed by atoms with Crippen LogP contribution in [0, 0.1) is 17.7 Å². The molecule has 2 bridgehead atoms. The van der Waals surface area contributed by atoms with Gasteiger partial charge in [0.25, 0.3) is 0 Å². The molecule has 2 saturated heterocycles. The molecule has 1 saturated carbocycles. The predicted molar refractivity (Wildman–Crippen MR) is 157 cm³/mol.